The third kappa shape index (κ3) is 2.04. The highest BCUT2D eigenvalue weighted by Crippen LogP contribution is 2.20. The van der Waals surface area contributed by atoms with E-state index in [9.17, 15) is 0 Å². The highest BCUT2D eigenvalue weighted by molar-refractivity contribution is 6.04. The number of nitrogens with zero attached hydrogens (tertiary/aromatic N) is 3. The van der Waals surface area contributed by atoms with Crippen molar-refractivity contribution in [3.8, 4) is 6.07 Å². The molecule has 0 aromatic carbocycles. The van der Waals surface area contributed by atoms with Crippen LogP contribution in [0, 0.1) is 11.3 Å². The molecule has 0 saturated carbocycles. The van der Waals surface area contributed by atoms with E-state index in [1.807, 2.05) is 24.1 Å². The SMILES string of the molecule is CCOC1CN=C2C(C#N)=CC=CN21.Cl. The summed E-state index contributed by atoms with van der Waals surface area (Å²) in [5, 5.41) is 8.85. The minimum atomic E-state index is -0.0386. The van der Waals surface area contributed by atoms with Crippen LogP contribution in [-0.2, 0) is 4.74 Å². The smallest absolute Gasteiger partial charge is 0.154 e. The van der Waals surface area contributed by atoms with E-state index in [1.54, 1.807) is 6.08 Å². The van der Waals surface area contributed by atoms with Crippen LogP contribution < -0.4 is 0 Å². The minimum absolute atomic E-state index is 0. The van der Waals surface area contributed by atoms with Crippen molar-refractivity contribution < 1.29 is 4.74 Å². The Kier molecular flexibility index (Phi) is 3.89. The van der Waals surface area contributed by atoms with Gasteiger partial charge in [0, 0.05) is 12.8 Å². The summed E-state index contributed by atoms with van der Waals surface area (Å²) in [5.74, 6) is 0.730. The molecular weight excluding hydrogens is 214 g/mol. The average Bonchev–Trinajstić information content (AvgIpc) is 2.62. The first-order valence-electron chi connectivity index (χ1n) is 4.60. The highest BCUT2D eigenvalue weighted by atomic mass is 35.5. The topological polar surface area (TPSA) is 48.6 Å². The number of hydrogen-bond acceptors (Lipinski definition) is 4. The molecule has 0 spiro atoms. The van der Waals surface area contributed by atoms with Crippen LogP contribution in [0.1, 0.15) is 6.92 Å². The Hall–Kier alpha value is -1.31. The summed E-state index contributed by atoms with van der Waals surface area (Å²) < 4.78 is 5.49. The quantitative estimate of drug-likeness (QED) is 0.715. The molecular formula is C10H12ClN3O. The first kappa shape index (κ1) is 11.8. The maximum Gasteiger partial charge on any atom is 0.154 e. The van der Waals surface area contributed by atoms with Crippen LogP contribution in [0.2, 0.25) is 0 Å². The Balaban J connectivity index is 0.00000112. The molecule has 1 atom stereocenters. The van der Waals surface area contributed by atoms with Crippen LogP contribution in [0.5, 0.6) is 0 Å². The third-order valence-electron chi connectivity index (χ3n) is 2.18. The number of aliphatic imine (C=N–C) groups is 1. The fraction of sp³-hybridized carbons (Fsp3) is 0.400. The van der Waals surface area contributed by atoms with Gasteiger partial charge in [-0.1, -0.05) is 0 Å². The number of fused-ring (bicyclic) bond motifs is 1. The zero-order chi connectivity index (χ0) is 9.97. The van der Waals surface area contributed by atoms with E-state index in [0.717, 1.165) is 5.84 Å². The molecule has 0 radical (unpaired) electrons. The normalized spacial score (nSPS) is 22.4. The number of ether oxygens (including phenoxy) is 1. The van der Waals surface area contributed by atoms with Gasteiger partial charge in [0.1, 0.15) is 11.9 Å². The molecule has 80 valence electrons. The fourth-order valence-electron chi connectivity index (χ4n) is 1.58. The lowest BCUT2D eigenvalue weighted by Crippen LogP contribution is -2.35. The third-order valence-corrected chi connectivity index (χ3v) is 2.18. The van der Waals surface area contributed by atoms with E-state index in [2.05, 4.69) is 11.1 Å². The molecule has 0 fully saturated rings. The predicted octanol–water partition coefficient (Wildman–Crippen LogP) is 1.46. The van der Waals surface area contributed by atoms with E-state index in [0.29, 0.717) is 18.7 Å². The van der Waals surface area contributed by atoms with Crippen LogP contribution in [0.4, 0.5) is 0 Å². The molecule has 4 nitrogen and oxygen atoms in total. The Morgan fingerprint density at radius 2 is 2.53 bits per heavy atom. The Labute approximate surface area is 94.9 Å². The van der Waals surface area contributed by atoms with Crippen LogP contribution in [0.15, 0.2) is 28.9 Å². The zero-order valence-corrected chi connectivity index (χ0v) is 9.20. The van der Waals surface area contributed by atoms with Gasteiger partial charge in [-0.15, -0.1) is 12.4 Å². The van der Waals surface area contributed by atoms with Gasteiger partial charge in [-0.3, -0.25) is 4.99 Å². The highest BCUT2D eigenvalue weighted by Gasteiger charge is 2.29. The fourth-order valence-corrected chi connectivity index (χ4v) is 1.58. The molecule has 0 bridgehead atoms. The second kappa shape index (κ2) is 4.96. The van der Waals surface area contributed by atoms with Crippen molar-refractivity contribution in [3.05, 3.63) is 23.9 Å². The molecule has 0 saturated heterocycles. The second-order valence-corrected chi connectivity index (χ2v) is 3.02. The lowest BCUT2D eigenvalue weighted by Gasteiger charge is -2.25. The summed E-state index contributed by atoms with van der Waals surface area (Å²) in [7, 11) is 0. The molecule has 2 heterocycles. The lowest BCUT2D eigenvalue weighted by molar-refractivity contribution is 0.0152. The molecule has 2 aliphatic heterocycles. The standard InChI is InChI=1S/C10H11N3O.ClH/c1-2-14-9-7-12-10-8(6-11)4-3-5-13(9)10;/h3-5,9H,2,7H2,1H3;1H. The van der Waals surface area contributed by atoms with Crippen LogP contribution >= 0.6 is 12.4 Å². The number of halogens is 1. The van der Waals surface area contributed by atoms with E-state index >= 15 is 0 Å². The number of amidine groups is 1. The average molecular weight is 226 g/mol. The summed E-state index contributed by atoms with van der Waals surface area (Å²) in [6.07, 6.45) is 5.47. The Morgan fingerprint density at radius 3 is 3.20 bits per heavy atom. The number of nitriles is 1. The summed E-state index contributed by atoms with van der Waals surface area (Å²) in [6.45, 7) is 3.21. The van der Waals surface area contributed by atoms with Crippen molar-refractivity contribution in [3.63, 3.8) is 0 Å². The van der Waals surface area contributed by atoms with Crippen molar-refractivity contribution in [2.75, 3.05) is 13.2 Å². The van der Waals surface area contributed by atoms with Crippen molar-refractivity contribution in [1.29, 1.82) is 5.26 Å². The predicted molar refractivity (Wildman–Crippen MR) is 59.6 cm³/mol. The van der Waals surface area contributed by atoms with Gasteiger partial charge in [0.15, 0.2) is 6.23 Å². The van der Waals surface area contributed by atoms with Crippen molar-refractivity contribution in [1.82, 2.24) is 4.90 Å². The van der Waals surface area contributed by atoms with Gasteiger partial charge in [0.2, 0.25) is 0 Å². The molecule has 0 aromatic heterocycles. The summed E-state index contributed by atoms with van der Waals surface area (Å²) >= 11 is 0. The monoisotopic (exact) mass is 225 g/mol. The van der Waals surface area contributed by atoms with Gasteiger partial charge in [0.25, 0.3) is 0 Å². The summed E-state index contributed by atoms with van der Waals surface area (Å²) in [5.41, 5.74) is 0.606. The number of rotatable bonds is 2. The van der Waals surface area contributed by atoms with E-state index in [4.69, 9.17) is 10.00 Å². The van der Waals surface area contributed by atoms with Crippen LogP contribution in [0.3, 0.4) is 0 Å². The number of hydrogen-bond donors (Lipinski definition) is 0. The Morgan fingerprint density at radius 1 is 1.73 bits per heavy atom. The van der Waals surface area contributed by atoms with Crippen LogP contribution in [-0.4, -0.2) is 30.1 Å². The number of allylic oxidation sites excluding steroid dienone is 2. The molecule has 5 heteroatoms. The largest absolute Gasteiger partial charge is 0.356 e. The molecule has 1 unspecified atom stereocenters. The molecule has 0 aromatic rings. The summed E-state index contributed by atoms with van der Waals surface area (Å²) in [6, 6.07) is 2.12. The van der Waals surface area contributed by atoms with Gasteiger partial charge >= 0.3 is 0 Å². The van der Waals surface area contributed by atoms with E-state index in [1.165, 1.54) is 0 Å². The Bertz CT molecular complexity index is 367. The van der Waals surface area contributed by atoms with E-state index in [-0.39, 0.29) is 18.6 Å². The van der Waals surface area contributed by atoms with Gasteiger partial charge in [-0.25, -0.2) is 0 Å². The lowest BCUT2D eigenvalue weighted by atomic mass is 10.2. The van der Waals surface area contributed by atoms with Gasteiger partial charge in [-0.2, -0.15) is 5.26 Å². The van der Waals surface area contributed by atoms with Gasteiger partial charge < -0.3 is 9.64 Å². The molecule has 0 N–H and O–H groups in total. The summed E-state index contributed by atoms with van der Waals surface area (Å²) in [4.78, 5) is 6.19. The maximum atomic E-state index is 8.85. The molecule has 15 heavy (non-hydrogen) atoms. The van der Waals surface area contributed by atoms with Crippen LogP contribution in [0.25, 0.3) is 0 Å². The van der Waals surface area contributed by atoms with Crippen molar-refractivity contribution in [2.45, 2.75) is 13.2 Å². The first-order chi connectivity index (χ1) is 6.86. The maximum absolute atomic E-state index is 8.85. The van der Waals surface area contributed by atoms with Crippen molar-refractivity contribution >= 4 is 18.2 Å². The molecule has 2 aliphatic rings. The van der Waals surface area contributed by atoms with E-state index < -0.39 is 0 Å². The molecule has 2 rings (SSSR count). The van der Waals surface area contributed by atoms with Crippen molar-refractivity contribution in [2.24, 2.45) is 4.99 Å². The van der Waals surface area contributed by atoms with Gasteiger partial charge in [0.05, 0.1) is 12.1 Å². The first-order valence-corrected chi connectivity index (χ1v) is 4.60. The van der Waals surface area contributed by atoms with Gasteiger partial charge in [-0.05, 0) is 19.1 Å². The molecule has 0 aliphatic carbocycles. The zero-order valence-electron chi connectivity index (χ0n) is 8.38. The minimum Gasteiger partial charge on any atom is -0.356 e. The second-order valence-electron chi connectivity index (χ2n) is 3.02. The molecule has 0 amide bonds.